The van der Waals surface area contributed by atoms with Crippen molar-refractivity contribution in [1.82, 2.24) is 15.0 Å². The zero-order chi connectivity index (χ0) is 23.1. The monoisotopic (exact) mass is 433 g/mol. The van der Waals surface area contributed by atoms with Crippen molar-refractivity contribution in [2.45, 2.75) is 13.8 Å². The van der Waals surface area contributed by atoms with Crippen LogP contribution < -0.4 is 15.4 Å². The van der Waals surface area contributed by atoms with Crippen molar-refractivity contribution in [2.24, 2.45) is 0 Å². The highest BCUT2D eigenvalue weighted by Crippen LogP contribution is 2.32. The zero-order valence-electron chi connectivity index (χ0n) is 18.3. The Bertz CT molecular complexity index is 1230. The first-order valence-electron chi connectivity index (χ1n) is 9.92. The fraction of sp³-hybridized carbons (Fsp3) is 0.167. The van der Waals surface area contributed by atoms with E-state index in [-0.39, 0.29) is 5.82 Å². The van der Waals surface area contributed by atoms with Crippen LogP contribution in [0.1, 0.15) is 11.3 Å². The van der Waals surface area contributed by atoms with Crippen molar-refractivity contribution < 1.29 is 13.9 Å². The minimum atomic E-state index is -0.262. The van der Waals surface area contributed by atoms with Crippen LogP contribution in [0.4, 0.5) is 16.0 Å². The van der Waals surface area contributed by atoms with E-state index in [1.165, 1.54) is 6.07 Å². The lowest BCUT2D eigenvalue weighted by atomic mass is 9.97. The van der Waals surface area contributed by atoms with Gasteiger partial charge in [-0.3, -0.25) is 4.79 Å². The predicted octanol–water partition coefficient (Wildman–Crippen LogP) is 4.75. The lowest BCUT2D eigenvalue weighted by Crippen LogP contribution is -2.00. The number of anilines is 2. The Labute approximate surface area is 185 Å². The van der Waals surface area contributed by atoms with E-state index in [0.29, 0.717) is 29.5 Å². The summed E-state index contributed by atoms with van der Waals surface area (Å²) in [5.74, 6) is 0.849. The van der Waals surface area contributed by atoms with Gasteiger partial charge in [-0.2, -0.15) is 4.98 Å². The van der Waals surface area contributed by atoms with Crippen molar-refractivity contribution in [3.05, 3.63) is 71.8 Å². The normalized spacial score (nSPS) is 10.2. The summed E-state index contributed by atoms with van der Waals surface area (Å²) in [5.41, 5.74) is 4.70. The van der Waals surface area contributed by atoms with Gasteiger partial charge in [0.15, 0.2) is 5.65 Å². The van der Waals surface area contributed by atoms with E-state index in [9.17, 15) is 9.18 Å². The average molecular weight is 433 g/mol. The van der Waals surface area contributed by atoms with Crippen LogP contribution in [-0.4, -0.2) is 35.5 Å². The lowest BCUT2D eigenvalue weighted by Gasteiger charge is -2.13. The van der Waals surface area contributed by atoms with Crippen molar-refractivity contribution >= 4 is 29.1 Å². The van der Waals surface area contributed by atoms with Gasteiger partial charge < -0.3 is 15.4 Å². The van der Waals surface area contributed by atoms with E-state index in [1.807, 2.05) is 32.0 Å². The van der Waals surface area contributed by atoms with Crippen LogP contribution in [0.2, 0.25) is 0 Å². The minimum Gasteiger partial charge on any atom is -0.429 e. The number of ether oxygens (including phenoxy) is 1. The third-order valence-corrected chi connectivity index (χ3v) is 4.78. The van der Waals surface area contributed by atoms with Crippen LogP contribution in [-0.2, 0) is 4.79 Å². The molecule has 0 atom stereocenters. The first-order valence-corrected chi connectivity index (χ1v) is 9.92. The van der Waals surface area contributed by atoms with Gasteiger partial charge in [0.1, 0.15) is 11.6 Å². The molecular formula is C24H24FN5O2. The van der Waals surface area contributed by atoms with Gasteiger partial charge in [-0.25, -0.2) is 14.4 Å². The molecular weight excluding hydrogens is 409 g/mol. The molecule has 0 aliphatic rings. The summed E-state index contributed by atoms with van der Waals surface area (Å²) in [6.45, 7) is 4.23. The summed E-state index contributed by atoms with van der Waals surface area (Å²) in [6.07, 6.45) is 1.74. The number of halogens is 1. The van der Waals surface area contributed by atoms with Crippen LogP contribution in [0, 0.1) is 19.7 Å². The summed E-state index contributed by atoms with van der Waals surface area (Å²) in [5, 5.41) is 6.63. The number of nitrogens with zero attached hydrogens (tertiary/aromatic N) is 3. The number of para-hydroxylation sites is 1. The van der Waals surface area contributed by atoms with Gasteiger partial charge in [-0.05, 0) is 55.3 Å². The summed E-state index contributed by atoms with van der Waals surface area (Å²) in [7, 11) is 3.47. The smallest absolute Gasteiger partial charge is 0.298 e. The van der Waals surface area contributed by atoms with Crippen molar-refractivity contribution in [2.75, 3.05) is 24.7 Å². The molecule has 0 aliphatic heterocycles. The van der Waals surface area contributed by atoms with Gasteiger partial charge in [0.2, 0.25) is 5.95 Å². The van der Waals surface area contributed by atoms with E-state index in [4.69, 9.17) is 0 Å². The Kier molecular flexibility index (Phi) is 7.28. The largest absolute Gasteiger partial charge is 0.429 e. The Morgan fingerprint density at radius 1 is 0.969 bits per heavy atom. The summed E-state index contributed by atoms with van der Waals surface area (Å²) in [4.78, 5) is 22.9. The molecule has 32 heavy (non-hydrogen) atoms. The van der Waals surface area contributed by atoms with E-state index in [2.05, 4.69) is 30.3 Å². The third-order valence-electron chi connectivity index (χ3n) is 4.78. The second-order valence-corrected chi connectivity index (χ2v) is 6.90. The van der Waals surface area contributed by atoms with Crippen LogP contribution >= 0.6 is 0 Å². The van der Waals surface area contributed by atoms with Gasteiger partial charge in [0.25, 0.3) is 6.47 Å². The van der Waals surface area contributed by atoms with Crippen LogP contribution in [0.25, 0.3) is 22.2 Å². The molecule has 2 aromatic carbocycles. The highest BCUT2D eigenvalue weighted by molar-refractivity contribution is 5.84. The molecule has 0 saturated carbocycles. The van der Waals surface area contributed by atoms with E-state index in [1.54, 1.807) is 44.6 Å². The molecule has 0 radical (unpaired) electrons. The number of pyridine rings is 1. The second-order valence-electron chi connectivity index (χ2n) is 6.90. The Morgan fingerprint density at radius 2 is 1.72 bits per heavy atom. The Balaban J connectivity index is 0.000000269. The standard InChI is InChI=1S/C17H18FN5.C7H6O2/c1-9-5-14(18)15(19-3)7-12(9)13-6-11-8-21-17(20-4)23-16(11)22-10(13)2;8-6-9-7-4-2-1-3-5-7/h5-8,19H,1-4H3,(H,20,21,22,23);1-6H. The van der Waals surface area contributed by atoms with Gasteiger partial charge >= 0.3 is 0 Å². The lowest BCUT2D eigenvalue weighted by molar-refractivity contribution is -0.120. The molecule has 0 spiro atoms. The molecule has 164 valence electrons. The molecule has 0 saturated heterocycles. The number of aryl methyl sites for hydroxylation is 2. The zero-order valence-corrected chi connectivity index (χ0v) is 18.3. The molecule has 0 fully saturated rings. The molecule has 2 aromatic heterocycles. The first kappa shape index (κ1) is 22.6. The number of nitrogens with one attached hydrogen (secondary N) is 2. The number of carbonyl (C=O) groups excluding carboxylic acids is 1. The molecule has 0 unspecified atom stereocenters. The number of rotatable bonds is 5. The fourth-order valence-corrected chi connectivity index (χ4v) is 3.15. The number of fused-ring (bicyclic) bond motifs is 1. The van der Waals surface area contributed by atoms with Crippen molar-refractivity contribution in [3.63, 3.8) is 0 Å². The average Bonchev–Trinajstić information content (AvgIpc) is 2.80. The number of aromatic nitrogens is 3. The fourth-order valence-electron chi connectivity index (χ4n) is 3.15. The molecule has 0 bridgehead atoms. The Hall–Kier alpha value is -4.07. The van der Waals surface area contributed by atoms with Gasteiger partial charge in [-0.15, -0.1) is 0 Å². The quantitative estimate of drug-likeness (QED) is 0.439. The van der Waals surface area contributed by atoms with Gasteiger partial charge in [-0.1, -0.05) is 18.2 Å². The molecule has 4 rings (SSSR count). The van der Waals surface area contributed by atoms with Crippen LogP contribution in [0.5, 0.6) is 5.75 Å². The highest BCUT2D eigenvalue weighted by atomic mass is 19.1. The highest BCUT2D eigenvalue weighted by Gasteiger charge is 2.13. The van der Waals surface area contributed by atoms with Gasteiger partial charge in [0.05, 0.1) is 5.69 Å². The molecule has 0 amide bonds. The molecule has 7 nitrogen and oxygen atoms in total. The molecule has 2 N–H and O–H groups in total. The number of benzene rings is 2. The molecule has 4 aromatic rings. The summed E-state index contributed by atoms with van der Waals surface area (Å²) < 4.78 is 18.4. The summed E-state index contributed by atoms with van der Waals surface area (Å²) in [6, 6.07) is 14.2. The predicted molar refractivity (Wildman–Crippen MR) is 124 cm³/mol. The topological polar surface area (TPSA) is 89.0 Å². The van der Waals surface area contributed by atoms with Crippen molar-refractivity contribution in [1.29, 1.82) is 0 Å². The number of hydrogen-bond donors (Lipinski definition) is 2. The Morgan fingerprint density at radius 3 is 2.38 bits per heavy atom. The molecule has 8 heteroatoms. The maximum atomic E-state index is 13.9. The van der Waals surface area contributed by atoms with E-state index in [0.717, 1.165) is 27.8 Å². The van der Waals surface area contributed by atoms with Crippen LogP contribution in [0.15, 0.2) is 54.7 Å². The first-order chi connectivity index (χ1) is 15.5. The molecule has 0 aliphatic carbocycles. The minimum absolute atomic E-state index is 0.262. The maximum Gasteiger partial charge on any atom is 0.298 e. The van der Waals surface area contributed by atoms with Crippen molar-refractivity contribution in [3.8, 4) is 16.9 Å². The SMILES string of the molecule is CNc1ncc2cc(-c3cc(NC)c(F)cc3C)c(C)nc2n1.O=COc1ccccc1. The number of hydrogen-bond acceptors (Lipinski definition) is 7. The van der Waals surface area contributed by atoms with E-state index >= 15 is 0 Å². The number of carbonyl (C=O) groups is 1. The van der Waals surface area contributed by atoms with E-state index < -0.39 is 0 Å². The molecule has 2 heterocycles. The maximum absolute atomic E-state index is 13.9. The third kappa shape index (κ3) is 5.15. The summed E-state index contributed by atoms with van der Waals surface area (Å²) >= 11 is 0. The second kappa shape index (κ2) is 10.3. The van der Waals surface area contributed by atoms with Crippen LogP contribution in [0.3, 0.4) is 0 Å². The van der Waals surface area contributed by atoms with Gasteiger partial charge in [0, 0.05) is 36.9 Å².